The van der Waals surface area contributed by atoms with E-state index in [0.29, 0.717) is 25.7 Å². The van der Waals surface area contributed by atoms with Crippen LogP contribution in [0.25, 0.3) is 0 Å². The molecule has 11 heteroatoms. The molecule has 0 unspecified atom stereocenters. The number of carbonyl (C=O) groups is 4. The number of aliphatic hydroxyl groups excluding tert-OH is 3. The monoisotopic (exact) mass is 1270 g/mol. The number of carbonyl (C=O) groups excluding carboxylic acids is 4. The zero-order chi connectivity index (χ0) is 66.4. The molecule has 0 aromatic carbocycles. The highest BCUT2D eigenvalue weighted by Crippen LogP contribution is 2.16. The van der Waals surface area contributed by atoms with Gasteiger partial charge in [0, 0.05) is 25.7 Å². The van der Waals surface area contributed by atoms with Crippen molar-refractivity contribution in [3.63, 3.8) is 0 Å². The van der Waals surface area contributed by atoms with Gasteiger partial charge in [0.1, 0.15) is 19.3 Å². The van der Waals surface area contributed by atoms with Crippen molar-refractivity contribution in [2.24, 2.45) is 0 Å². The van der Waals surface area contributed by atoms with Gasteiger partial charge >= 0.3 is 23.9 Å². The lowest BCUT2D eigenvalue weighted by Gasteiger charge is -2.18. The number of unbranched alkanes of at least 4 members (excludes halogenated alkanes) is 44. The lowest BCUT2D eigenvalue weighted by molar-refractivity contribution is -0.167. The highest BCUT2D eigenvalue weighted by atomic mass is 16.6. The summed E-state index contributed by atoms with van der Waals surface area (Å²) in [6.07, 6.45) is 82.3. The normalized spacial score (nSPS) is 11.8. The average Bonchev–Trinajstić information content (AvgIpc) is 3.61. The van der Waals surface area contributed by atoms with Crippen molar-refractivity contribution in [2.75, 3.05) is 33.5 Å². The first-order valence-electron chi connectivity index (χ1n) is 38.2. The number of allylic oxidation sites excluding steroid dienone is 8. The van der Waals surface area contributed by atoms with E-state index >= 15 is 0 Å². The molecule has 0 spiro atoms. The molecule has 0 radical (unpaired) electrons. The van der Waals surface area contributed by atoms with Gasteiger partial charge in [-0.1, -0.05) is 282 Å². The maximum absolute atomic E-state index is 12.8. The summed E-state index contributed by atoms with van der Waals surface area (Å²) in [7, 11) is 1.46. The Morgan fingerprint density at radius 2 is 0.489 bits per heavy atom. The van der Waals surface area contributed by atoms with E-state index < -0.39 is 12.2 Å². The van der Waals surface area contributed by atoms with Crippen LogP contribution in [-0.2, 0) is 38.1 Å². The van der Waals surface area contributed by atoms with Crippen LogP contribution in [0.4, 0.5) is 0 Å². The molecule has 0 rings (SSSR count). The first-order chi connectivity index (χ1) is 44.1. The van der Waals surface area contributed by atoms with Crippen molar-refractivity contribution in [2.45, 2.75) is 399 Å². The Hall–Kier alpha value is -3.28. The Morgan fingerprint density at radius 1 is 0.289 bits per heavy atom. The number of ether oxygens (including phenoxy) is 4. The van der Waals surface area contributed by atoms with Gasteiger partial charge in [0.25, 0.3) is 0 Å². The van der Waals surface area contributed by atoms with Gasteiger partial charge < -0.3 is 34.3 Å². The van der Waals surface area contributed by atoms with Gasteiger partial charge in [0.05, 0.1) is 20.3 Å². The standard InChI is InChI=1S/C57H104O6.C19H36O2.C3H8O3/c1-4-7-10-13-16-19-22-25-28-31-34-37-40-43-46-49-55(58)61-52-54(63-57(60)51-48-45-42-39-36-33-30-27-24-21-18-15-12-9-6-3)53-62-56(59)50-47-44-41-38-35-32-29-26-23-20-17-14-11-8-5-2;1-3-4-5-6-7-8-9-10-11-12-13-14-15-16-17-18-19(20)21-2;4-1-3(6)2-5/h25-30,54H,4-24,31-53H2,1-3H3;10-11H,3-9,12-18H2,1-2H3;3-6H,1-2H2. The van der Waals surface area contributed by atoms with Crippen molar-refractivity contribution < 1.29 is 53.4 Å². The highest BCUT2D eigenvalue weighted by molar-refractivity contribution is 5.71. The molecule has 90 heavy (non-hydrogen) atoms. The van der Waals surface area contributed by atoms with Crippen LogP contribution >= 0.6 is 0 Å². The molecular formula is C79H148O11. The molecule has 0 saturated heterocycles. The molecule has 530 valence electrons. The van der Waals surface area contributed by atoms with Crippen LogP contribution < -0.4 is 0 Å². The molecule has 0 aliphatic carbocycles. The fourth-order valence-electron chi connectivity index (χ4n) is 10.4. The minimum atomic E-state index is -0.954. The first-order valence-corrected chi connectivity index (χ1v) is 38.2. The maximum atomic E-state index is 12.8. The van der Waals surface area contributed by atoms with E-state index in [4.69, 9.17) is 29.5 Å². The Bertz CT molecular complexity index is 1510. The van der Waals surface area contributed by atoms with Crippen molar-refractivity contribution in [1.82, 2.24) is 0 Å². The van der Waals surface area contributed by atoms with Crippen LogP contribution in [0, 0.1) is 0 Å². The summed E-state index contributed by atoms with van der Waals surface area (Å²) in [6, 6.07) is 0. The second kappa shape index (κ2) is 81.8. The molecule has 11 nitrogen and oxygen atoms in total. The smallest absolute Gasteiger partial charge is 0.306 e. The summed E-state index contributed by atoms with van der Waals surface area (Å²) in [6.45, 7) is 8.16. The SMILES string of the molecule is CCCCCCCCC=CCCCCCCCC(=O)OC.CCCCCCCCC=CCCCCCCCC(=O)OCC(COC(=O)CCCCCCCC=CCCCCCCCC)OC(=O)CCCCCCCC=CCCCCCCCC.OCC(O)CO. The Labute approximate surface area is 556 Å². The Balaban J connectivity index is -0.00000230. The van der Waals surface area contributed by atoms with Gasteiger partial charge in [-0.3, -0.25) is 19.2 Å². The third-order valence-corrected chi connectivity index (χ3v) is 16.4. The predicted octanol–water partition coefficient (Wildman–Crippen LogP) is 22.6. The number of rotatable bonds is 67. The van der Waals surface area contributed by atoms with E-state index in [1.807, 2.05) is 0 Å². The Kier molecular flexibility index (Phi) is 82.6. The van der Waals surface area contributed by atoms with E-state index in [9.17, 15) is 19.2 Å². The molecule has 0 bridgehead atoms. The maximum Gasteiger partial charge on any atom is 0.306 e. The molecule has 3 N–H and O–H groups in total. The summed E-state index contributed by atoms with van der Waals surface area (Å²) < 4.78 is 21.4. The number of hydrogen-bond acceptors (Lipinski definition) is 11. The van der Waals surface area contributed by atoms with Crippen molar-refractivity contribution in [1.29, 1.82) is 0 Å². The van der Waals surface area contributed by atoms with E-state index in [-0.39, 0.29) is 50.3 Å². The van der Waals surface area contributed by atoms with Crippen molar-refractivity contribution in [3.05, 3.63) is 48.6 Å². The molecule has 0 aliphatic rings. The largest absolute Gasteiger partial charge is 0.469 e. The molecule has 0 fully saturated rings. The van der Waals surface area contributed by atoms with Crippen LogP contribution in [-0.4, -0.2) is 84.9 Å². The topological polar surface area (TPSA) is 166 Å². The molecular weight excluding hydrogens is 1120 g/mol. The van der Waals surface area contributed by atoms with Gasteiger partial charge in [-0.15, -0.1) is 0 Å². The van der Waals surface area contributed by atoms with Gasteiger partial charge in [0.15, 0.2) is 6.10 Å². The Morgan fingerprint density at radius 3 is 0.700 bits per heavy atom. The number of aliphatic hydroxyl groups is 3. The summed E-state index contributed by atoms with van der Waals surface area (Å²) in [5.41, 5.74) is 0. The summed E-state index contributed by atoms with van der Waals surface area (Å²) in [4.78, 5) is 49.0. The zero-order valence-electron chi connectivity index (χ0n) is 59.8. The van der Waals surface area contributed by atoms with Crippen molar-refractivity contribution in [3.8, 4) is 0 Å². The van der Waals surface area contributed by atoms with Gasteiger partial charge in [-0.2, -0.15) is 0 Å². The minimum absolute atomic E-state index is 0.0763. The highest BCUT2D eigenvalue weighted by Gasteiger charge is 2.20. The molecule has 0 aliphatic heterocycles. The van der Waals surface area contributed by atoms with Crippen LogP contribution in [0.3, 0.4) is 0 Å². The quantitative estimate of drug-likeness (QED) is 0.0230. The first kappa shape index (κ1) is 90.9. The molecule has 0 amide bonds. The van der Waals surface area contributed by atoms with E-state index in [1.54, 1.807) is 0 Å². The predicted molar refractivity (Wildman–Crippen MR) is 382 cm³/mol. The second-order valence-electron chi connectivity index (χ2n) is 25.4. The lowest BCUT2D eigenvalue weighted by atomic mass is 10.1. The van der Waals surface area contributed by atoms with E-state index in [0.717, 1.165) is 89.9 Å². The van der Waals surface area contributed by atoms with Gasteiger partial charge in [-0.25, -0.2) is 0 Å². The third-order valence-electron chi connectivity index (χ3n) is 16.4. The van der Waals surface area contributed by atoms with E-state index in [1.165, 1.54) is 251 Å². The van der Waals surface area contributed by atoms with Crippen LogP contribution in [0.15, 0.2) is 48.6 Å². The molecule has 0 aromatic rings. The minimum Gasteiger partial charge on any atom is -0.469 e. The number of methoxy groups -OCH3 is 1. The van der Waals surface area contributed by atoms with Crippen molar-refractivity contribution >= 4 is 23.9 Å². The lowest BCUT2D eigenvalue weighted by Crippen LogP contribution is -2.30. The second-order valence-corrected chi connectivity index (χ2v) is 25.4. The summed E-state index contributed by atoms with van der Waals surface area (Å²) in [5, 5.41) is 24.0. The van der Waals surface area contributed by atoms with E-state index in [2.05, 4.69) is 81.0 Å². The summed E-state index contributed by atoms with van der Waals surface area (Å²) >= 11 is 0. The fourth-order valence-corrected chi connectivity index (χ4v) is 10.4. The number of hydrogen-bond donors (Lipinski definition) is 3. The zero-order valence-corrected chi connectivity index (χ0v) is 59.8. The molecule has 0 heterocycles. The summed E-state index contributed by atoms with van der Waals surface area (Å²) in [5.74, 6) is -0.969. The molecule has 0 aromatic heterocycles. The van der Waals surface area contributed by atoms with Gasteiger partial charge in [-0.05, 0) is 128 Å². The average molecular weight is 1270 g/mol. The van der Waals surface area contributed by atoms with Crippen LogP contribution in [0.1, 0.15) is 387 Å². The van der Waals surface area contributed by atoms with Crippen LogP contribution in [0.5, 0.6) is 0 Å². The molecule has 0 saturated carbocycles. The third kappa shape index (κ3) is 82.7. The number of esters is 4. The molecule has 0 atom stereocenters. The van der Waals surface area contributed by atoms with Gasteiger partial charge in [0.2, 0.25) is 0 Å². The fraction of sp³-hybridized carbons (Fsp3) is 0.848. The van der Waals surface area contributed by atoms with Crippen LogP contribution in [0.2, 0.25) is 0 Å².